The molecule has 0 aliphatic carbocycles. The zero-order valence-corrected chi connectivity index (χ0v) is 12.2. The lowest BCUT2D eigenvalue weighted by molar-refractivity contribution is 0.102. The lowest BCUT2D eigenvalue weighted by atomic mass is 10.1. The van der Waals surface area contributed by atoms with Gasteiger partial charge in [0, 0.05) is 17.5 Å². The second-order valence-corrected chi connectivity index (χ2v) is 5.74. The summed E-state index contributed by atoms with van der Waals surface area (Å²) in [6.07, 6.45) is 5.11. The van der Waals surface area contributed by atoms with Crippen molar-refractivity contribution in [2.24, 2.45) is 0 Å². The molecule has 1 aromatic carbocycles. The number of anilines is 1. The molecule has 2 aromatic heterocycles. The van der Waals surface area contributed by atoms with E-state index in [1.165, 1.54) is 35.1 Å². The van der Waals surface area contributed by atoms with Crippen molar-refractivity contribution >= 4 is 22.4 Å². The summed E-state index contributed by atoms with van der Waals surface area (Å²) >= 11 is 1.46. The molecule has 0 spiro atoms. The van der Waals surface area contributed by atoms with Gasteiger partial charge in [-0.25, -0.2) is 9.97 Å². The summed E-state index contributed by atoms with van der Waals surface area (Å²) in [6.45, 7) is 2.06. The van der Waals surface area contributed by atoms with Crippen molar-refractivity contribution in [1.82, 2.24) is 9.97 Å². The molecule has 21 heavy (non-hydrogen) atoms. The molecule has 0 fully saturated rings. The minimum Gasteiger partial charge on any atom is -0.451 e. The van der Waals surface area contributed by atoms with Gasteiger partial charge < -0.3 is 4.42 Å². The zero-order valence-electron chi connectivity index (χ0n) is 11.4. The van der Waals surface area contributed by atoms with Gasteiger partial charge in [-0.1, -0.05) is 29.8 Å². The van der Waals surface area contributed by atoms with Crippen LogP contribution in [0.2, 0.25) is 0 Å². The number of nitrogens with one attached hydrogen (secondary N) is 1. The molecule has 5 nitrogen and oxygen atoms in total. The fourth-order valence-corrected chi connectivity index (χ4v) is 2.68. The summed E-state index contributed by atoms with van der Waals surface area (Å²) < 4.78 is 4.78. The zero-order chi connectivity index (χ0) is 14.7. The molecule has 1 amide bonds. The van der Waals surface area contributed by atoms with E-state index in [9.17, 15) is 4.79 Å². The Morgan fingerprint density at radius 3 is 2.81 bits per heavy atom. The maximum atomic E-state index is 11.8. The number of carbonyl (C=O) groups is 1. The maximum Gasteiger partial charge on any atom is 0.279 e. The van der Waals surface area contributed by atoms with Crippen LogP contribution in [0.15, 0.2) is 47.5 Å². The Labute approximate surface area is 125 Å². The minimum atomic E-state index is -0.319. The molecule has 0 saturated heterocycles. The van der Waals surface area contributed by atoms with Crippen LogP contribution in [0.25, 0.3) is 0 Å². The fourth-order valence-electron chi connectivity index (χ4n) is 1.84. The van der Waals surface area contributed by atoms with E-state index in [1.54, 1.807) is 6.20 Å². The Bertz CT molecular complexity index is 733. The number of oxazole rings is 1. The highest BCUT2D eigenvalue weighted by Crippen LogP contribution is 2.21. The second-order valence-electron chi connectivity index (χ2n) is 4.62. The number of amides is 1. The number of aryl methyl sites for hydroxylation is 1. The predicted octanol–water partition coefficient (Wildman–Crippen LogP) is 3.28. The van der Waals surface area contributed by atoms with Gasteiger partial charge in [-0.15, -0.1) is 11.3 Å². The molecule has 106 valence electrons. The summed E-state index contributed by atoms with van der Waals surface area (Å²) in [6, 6.07) is 8.37. The topological polar surface area (TPSA) is 68.0 Å². The van der Waals surface area contributed by atoms with Gasteiger partial charge >= 0.3 is 0 Å². The molecule has 0 atom stereocenters. The Kier molecular flexibility index (Phi) is 3.79. The highest BCUT2D eigenvalue weighted by molar-refractivity contribution is 7.15. The van der Waals surface area contributed by atoms with E-state index >= 15 is 0 Å². The second kappa shape index (κ2) is 5.88. The summed E-state index contributed by atoms with van der Waals surface area (Å²) in [4.78, 5) is 20.9. The summed E-state index contributed by atoms with van der Waals surface area (Å²) in [5.74, 6) is -0.319. The predicted molar refractivity (Wildman–Crippen MR) is 80.6 cm³/mol. The Morgan fingerprint density at radius 2 is 2.10 bits per heavy atom. The van der Waals surface area contributed by atoms with E-state index in [0.29, 0.717) is 5.13 Å². The highest BCUT2D eigenvalue weighted by Gasteiger charge is 2.11. The van der Waals surface area contributed by atoms with Gasteiger partial charge in [0.15, 0.2) is 17.2 Å². The lowest BCUT2D eigenvalue weighted by Gasteiger charge is -1.99. The van der Waals surface area contributed by atoms with E-state index in [-0.39, 0.29) is 11.6 Å². The van der Waals surface area contributed by atoms with Crippen LogP contribution in [0.4, 0.5) is 5.13 Å². The van der Waals surface area contributed by atoms with Crippen molar-refractivity contribution in [2.45, 2.75) is 13.3 Å². The molecule has 2 heterocycles. The van der Waals surface area contributed by atoms with Gasteiger partial charge in [0.25, 0.3) is 5.91 Å². The van der Waals surface area contributed by atoms with Crippen molar-refractivity contribution in [3.8, 4) is 0 Å². The largest absolute Gasteiger partial charge is 0.451 e. The third-order valence-corrected chi connectivity index (χ3v) is 3.85. The Morgan fingerprint density at radius 1 is 1.29 bits per heavy atom. The van der Waals surface area contributed by atoms with Crippen LogP contribution in [-0.4, -0.2) is 15.9 Å². The number of nitrogens with zero attached hydrogens (tertiary/aromatic N) is 2. The fraction of sp³-hybridized carbons (Fsp3) is 0.133. The molecular formula is C15H13N3O2S. The number of aromatic nitrogens is 2. The van der Waals surface area contributed by atoms with E-state index < -0.39 is 0 Å². The number of rotatable bonds is 4. The number of carbonyl (C=O) groups excluding carboxylic acids is 1. The SMILES string of the molecule is Cc1ccc(Cc2cnc(NC(=O)c3cocn3)s2)cc1. The normalized spacial score (nSPS) is 10.5. The van der Waals surface area contributed by atoms with E-state index in [2.05, 4.69) is 46.5 Å². The van der Waals surface area contributed by atoms with E-state index in [0.717, 1.165) is 11.3 Å². The Hall–Kier alpha value is -2.47. The molecule has 3 rings (SSSR count). The molecule has 0 unspecified atom stereocenters. The minimum absolute atomic E-state index is 0.241. The number of benzene rings is 1. The number of hydrogen-bond donors (Lipinski definition) is 1. The maximum absolute atomic E-state index is 11.8. The van der Waals surface area contributed by atoms with Crippen LogP contribution < -0.4 is 5.32 Å². The first-order chi connectivity index (χ1) is 10.2. The van der Waals surface area contributed by atoms with Crippen LogP contribution in [0.1, 0.15) is 26.5 Å². The molecular weight excluding hydrogens is 286 g/mol. The van der Waals surface area contributed by atoms with Crippen LogP contribution in [-0.2, 0) is 6.42 Å². The molecule has 6 heteroatoms. The molecule has 0 radical (unpaired) electrons. The molecule has 0 bridgehead atoms. The smallest absolute Gasteiger partial charge is 0.279 e. The third kappa shape index (κ3) is 3.35. The number of hydrogen-bond acceptors (Lipinski definition) is 5. The first-order valence-corrected chi connectivity index (χ1v) is 7.22. The molecule has 0 aliphatic rings. The monoisotopic (exact) mass is 299 g/mol. The van der Waals surface area contributed by atoms with Gasteiger partial charge in [-0.2, -0.15) is 0 Å². The summed E-state index contributed by atoms with van der Waals surface area (Å²) in [5.41, 5.74) is 2.70. The van der Waals surface area contributed by atoms with Crippen molar-refractivity contribution in [3.05, 3.63) is 64.8 Å². The van der Waals surface area contributed by atoms with Gasteiger partial charge in [0.05, 0.1) is 0 Å². The van der Waals surface area contributed by atoms with Crippen LogP contribution in [0, 0.1) is 6.92 Å². The first-order valence-electron chi connectivity index (χ1n) is 6.40. The van der Waals surface area contributed by atoms with Gasteiger partial charge in [-0.05, 0) is 12.5 Å². The highest BCUT2D eigenvalue weighted by atomic mass is 32.1. The van der Waals surface area contributed by atoms with Crippen molar-refractivity contribution < 1.29 is 9.21 Å². The van der Waals surface area contributed by atoms with Crippen LogP contribution >= 0.6 is 11.3 Å². The summed E-state index contributed by atoms with van der Waals surface area (Å²) in [7, 11) is 0. The average Bonchev–Trinajstić information content (AvgIpc) is 3.13. The van der Waals surface area contributed by atoms with Gasteiger partial charge in [-0.3, -0.25) is 10.1 Å². The molecule has 0 saturated carbocycles. The average molecular weight is 299 g/mol. The van der Waals surface area contributed by atoms with Gasteiger partial charge in [0.1, 0.15) is 6.26 Å². The van der Waals surface area contributed by atoms with Crippen molar-refractivity contribution in [1.29, 1.82) is 0 Å². The number of thiazole rings is 1. The third-order valence-electron chi connectivity index (χ3n) is 2.94. The standard InChI is InChI=1S/C15H13N3O2S/c1-10-2-4-11(5-3-10)6-12-7-16-15(21-12)18-14(19)13-8-20-9-17-13/h2-5,7-9H,6H2,1H3,(H,16,18,19). The Balaban J connectivity index is 1.66. The lowest BCUT2D eigenvalue weighted by Crippen LogP contribution is -2.11. The van der Waals surface area contributed by atoms with Crippen LogP contribution in [0.3, 0.4) is 0 Å². The van der Waals surface area contributed by atoms with Crippen molar-refractivity contribution in [3.63, 3.8) is 0 Å². The quantitative estimate of drug-likeness (QED) is 0.802. The molecule has 1 N–H and O–H groups in total. The molecule has 0 aliphatic heterocycles. The van der Waals surface area contributed by atoms with Gasteiger partial charge in [0.2, 0.25) is 0 Å². The van der Waals surface area contributed by atoms with Crippen LogP contribution in [0.5, 0.6) is 0 Å². The van der Waals surface area contributed by atoms with E-state index in [4.69, 9.17) is 4.42 Å². The summed E-state index contributed by atoms with van der Waals surface area (Å²) in [5, 5.41) is 3.27. The van der Waals surface area contributed by atoms with Crippen molar-refractivity contribution in [2.75, 3.05) is 5.32 Å². The molecule has 3 aromatic rings. The van der Waals surface area contributed by atoms with E-state index in [1.807, 2.05) is 0 Å². The first kappa shape index (κ1) is 13.5.